The molecule has 0 unspecified atom stereocenters. The van der Waals surface area contributed by atoms with Crippen molar-refractivity contribution in [1.29, 1.82) is 0 Å². The van der Waals surface area contributed by atoms with Crippen molar-refractivity contribution in [3.8, 4) is 5.75 Å². The van der Waals surface area contributed by atoms with Gasteiger partial charge in [-0.3, -0.25) is 4.79 Å². The second-order valence-electron chi connectivity index (χ2n) is 5.10. The molecule has 0 aromatic heterocycles. The van der Waals surface area contributed by atoms with E-state index in [1.165, 1.54) is 26.0 Å². The molecule has 0 heterocycles. The van der Waals surface area contributed by atoms with E-state index in [0.29, 0.717) is 6.61 Å². The Bertz CT molecular complexity index is 558. The fourth-order valence-electron chi connectivity index (χ4n) is 1.48. The van der Waals surface area contributed by atoms with Gasteiger partial charge in [-0.05, 0) is 26.3 Å². The van der Waals surface area contributed by atoms with Crippen molar-refractivity contribution >= 4 is 29.2 Å². The van der Waals surface area contributed by atoms with Gasteiger partial charge in [-0.15, -0.1) is 0 Å². The number of aliphatic carboxylic acids is 1. The molecule has 0 fully saturated rings. The Morgan fingerprint density at radius 1 is 1.43 bits per heavy atom. The molecule has 0 spiro atoms. The van der Waals surface area contributed by atoms with E-state index in [1.807, 2.05) is 6.92 Å². The van der Waals surface area contributed by atoms with E-state index in [4.69, 9.17) is 27.2 Å². The van der Waals surface area contributed by atoms with Crippen LogP contribution >= 0.6 is 11.6 Å². The van der Waals surface area contributed by atoms with Crippen molar-refractivity contribution in [2.24, 2.45) is 0 Å². The summed E-state index contributed by atoms with van der Waals surface area (Å²) in [6.45, 7) is 5.10. The number of hydrogen-bond acceptors (Lipinski definition) is 4. The fourth-order valence-corrected chi connectivity index (χ4v) is 1.65. The molecule has 7 heteroatoms. The molecule has 1 aromatic rings. The highest BCUT2D eigenvalue weighted by atomic mass is 35.5. The van der Waals surface area contributed by atoms with E-state index in [1.54, 1.807) is 0 Å². The smallest absolute Gasteiger partial charge is 0.328 e. The highest BCUT2D eigenvalue weighted by molar-refractivity contribution is 6.33. The number of carbonyl (C=O) groups excluding carboxylic acids is 1. The zero-order valence-electron chi connectivity index (χ0n) is 12.2. The number of carboxylic acid groups (broad SMARTS) is 1. The Kier molecular flexibility index (Phi) is 5.43. The van der Waals surface area contributed by atoms with Crippen LogP contribution in [-0.2, 0) is 4.79 Å². The lowest BCUT2D eigenvalue weighted by molar-refractivity contribution is -0.143. The molecule has 0 aliphatic rings. The maximum Gasteiger partial charge on any atom is 0.328 e. The lowest BCUT2D eigenvalue weighted by atomic mass is 10.0. The topological polar surface area (TPSA) is 102 Å². The summed E-state index contributed by atoms with van der Waals surface area (Å²) in [5, 5.41) is 11.7. The summed E-state index contributed by atoms with van der Waals surface area (Å²) in [4.78, 5) is 23.3. The van der Waals surface area contributed by atoms with Crippen LogP contribution in [0.1, 0.15) is 37.6 Å². The first-order valence-electron chi connectivity index (χ1n) is 6.46. The first-order valence-corrected chi connectivity index (χ1v) is 6.84. The number of nitrogen functional groups attached to an aromatic ring is 1. The molecule has 4 N–H and O–H groups in total. The molecule has 116 valence electrons. The molecule has 0 aliphatic carbocycles. The van der Waals surface area contributed by atoms with Crippen LogP contribution in [0.25, 0.3) is 0 Å². The van der Waals surface area contributed by atoms with Crippen molar-refractivity contribution in [3.63, 3.8) is 0 Å². The van der Waals surface area contributed by atoms with Crippen molar-refractivity contribution in [3.05, 3.63) is 22.7 Å². The number of rotatable bonds is 6. The van der Waals surface area contributed by atoms with E-state index in [9.17, 15) is 9.59 Å². The van der Waals surface area contributed by atoms with Crippen LogP contribution in [-0.4, -0.2) is 29.1 Å². The Balaban J connectivity index is 3.12. The zero-order valence-corrected chi connectivity index (χ0v) is 13.0. The van der Waals surface area contributed by atoms with Gasteiger partial charge < -0.3 is 20.9 Å². The Labute approximate surface area is 128 Å². The van der Waals surface area contributed by atoms with Crippen LogP contribution in [0.2, 0.25) is 5.02 Å². The van der Waals surface area contributed by atoms with Crippen LogP contribution in [0.5, 0.6) is 5.75 Å². The second kappa shape index (κ2) is 6.67. The maximum absolute atomic E-state index is 12.3. The summed E-state index contributed by atoms with van der Waals surface area (Å²) in [6, 6.07) is 2.83. The van der Waals surface area contributed by atoms with Gasteiger partial charge in [-0.25, -0.2) is 4.79 Å². The summed E-state index contributed by atoms with van der Waals surface area (Å²) in [7, 11) is 0. The number of ether oxygens (including phenoxy) is 1. The summed E-state index contributed by atoms with van der Waals surface area (Å²) in [5.41, 5.74) is 4.73. The number of amides is 1. The largest absolute Gasteiger partial charge is 0.493 e. The van der Waals surface area contributed by atoms with Gasteiger partial charge >= 0.3 is 5.97 Å². The van der Waals surface area contributed by atoms with E-state index >= 15 is 0 Å². The standard InChI is InChI=1S/C14H19ClN2O4/c1-4-5-21-11-7-10(16)9(15)6-8(11)12(18)17-14(2,3)13(19)20/h6-7H,4-5,16H2,1-3H3,(H,17,18)(H,19,20). The Morgan fingerprint density at radius 3 is 2.57 bits per heavy atom. The van der Waals surface area contributed by atoms with Crippen LogP contribution in [0.15, 0.2) is 12.1 Å². The predicted octanol–water partition coefficient (Wildman–Crippen LogP) is 2.30. The van der Waals surface area contributed by atoms with Crippen LogP contribution in [0, 0.1) is 0 Å². The Hall–Kier alpha value is -1.95. The number of carbonyl (C=O) groups is 2. The average Bonchev–Trinajstić information content (AvgIpc) is 2.38. The summed E-state index contributed by atoms with van der Waals surface area (Å²) >= 11 is 5.92. The third kappa shape index (κ3) is 4.26. The first kappa shape index (κ1) is 17.1. The highest BCUT2D eigenvalue weighted by Crippen LogP contribution is 2.29. The number of nitrogens with one attached hydrogen (secondary N) is 1. The average molecular weight is 315 g/mol. The molecule has 6 nitrogen and oxygen atoms in total. The SMILES string of the molecule is CCCOc1cc(N)c(Cl)cc1C(=O)NC(C)(C)C(=O)O. The number of halogens is 1. The van der Waals surface area contributed by atoms with E-state index in [0.717, 1.165) is 6.42 Å². The third-order valence-corrected chi connectivity index (χ3v) is 3.09. The van der Waals surface area contributed by atoms with E-state index in [2.05, 4.69) is 5.32 Å². The van der Waals surface area contributed by atoms with Crippen molar-refractivity contribution in [1.82, 2.24) is 5.32 Å². The predicted molar refractivity (Wildman–Crippen MR) is 80.8 cm³/mol. The van der Waals surface area contributed by atoms with Crippen LogP contribution in [0.4, 0.5) is 5.69 Å². The molecule has 0 radical (unpaired) electrons. The summed E-state index contributed by atoms with van der Waals surface area (Å²) in [5.74, 6) is -1.46. The van der Waals surface area contributed by atoms with Gasteiger partial charge in [0, 0.05) is 6.07 Å². The Morgan fingerprint density at radius 2 is 2.05 bits per heavy atom. The molecule has 1 rings (SSSR count). The van der Waals surface area contributed by atoms with Crippen LogP contribution < -0.4 is 15.8 Å². The van der Waals surface area contributed by atoms with E-state index in [-0.39, 0.29) is 22.0 Å². The zero-order chi connectivity index (χ0) is 16.2. The monoisotopic (exact) mass is 314 g/mol. The molecule has 1 amide bonds. The minimum Gasteiger partial charge on any atom is -0.493 e. The van der Waals surface area contributed by atoms with E-state index < -0.39 is 17.4 Å². The van der Waals surface area contributed by atoms with Gasteiger partial charge in [0.1, 0.15) is 11.3 Å². The number of anilines is 1. The normalized spacial score (nSPS) is 11.0. The molecule has 1 aromatic carbocycles. The van der Waals surface area contributed by atoms with Gasteiger partial charge in [0.05, 0.1) is 22.9 Å². The van der Waals surface area contributed by atoms with Crippen LogP contribution in [0.3, 0.4) is 0 Å². The highest BCUT2D eigenvalue weighted by Gasteiger charge is 2.30. The minimum absolute atomic E-state index is 0.150. The van der Waals surface area contributed by atoms with Crippen molar-refractivity contribution < 1.29 is 19.4 Å². The van der Waals surface area contributed by atoms with Gasteiger partial charge in [-0.2, -0.15) is 0 Å². The quantitative estimate of drug-likeness (QED) is 0.699. The molecule has 0 saturated heterocycles. The maximum atomic E-state index is 12.3. The molecular formula is C14H19ClN2O4. The molecule has 0 saturated carbocycles. The summed E-state index contributed by atoms with van der Waals surface area (Å²) in [6.07, 6.45) is 0.754. The van der Waals surface area contributed by atoms with Gasteiger partial charge in [0.15, 0.2) is 0 Å². The molecule has 0 bridgehead atoms. The van der Waals surface area contributed by atoms with Gasteiger partial charge in [-0.1, -0.05) is 18.5 Å². The number of benzene rings is 1. The van der Waals surface area contributed by atoms with Crippen molar-refractivity contribution in [2.75, 3.05) is 12.3 Å². The third-order valence-electron chi connectivity index (χ3n) is 2.77. The molecule has 0 aliphatic heterocycles. The van der Waals surface area contributed by atoms with Gasteiger partial charge in [0.25, 0.3) is 5.91 Å². The van der Waals surface area contributed by atoms with Gasteiger partial charge in [0.2, 0.25) is 0 Å². The summed E-state index contributed by atoms with van der Waals surface area (Å²) < 4.78 is 5.47. The number of hydrogen-bond donors (Lipinski definition) is 3. The molecule has 0 atom stereocenters. The second-order valence-corrected chi connectivity index (χ2v) is 5.51. The molecular weight excluding hydrogens is 296 g/mol. The number of carboxylic acids is 1. The fraction of sp³-hybridized carbons (Fsp3) is 0.429. The minimum atomic E-state index is -1.41. The first-order chi connectivity index (χ1) is 9.69. The number of nitrogens with two attached hydrogens (primary N) is 1. The lowest BCUT2D eigenvalue weighted by Crippen LogP contribution is -2.49. The molecule has 21 heavy (non-hydrogen) atoms. The van der Waals surface area contributed by atoms with Crippen molar-refractivity contribution in [2.45, 2.75) is 32.7 Å². The lowest BCUT2D eigenvalue weighted by Gasteiger charge is -2.22.